The summed E-state index contributed by atoms with van der Waals surface area (Å²) < 4.78 is 0. The number of hydrogen-bond acceptors (Lipinski definition) is 2. The van der Waals surface area contributed by atoms with Crippen molar-refractivity contribution in [3.8, 4) is 12.0 Å². The highest BCUT2D eigenvalue weighted by atomic mass is 16.2. The lowest BCUT2D eigenvalue weighted by Crippen LogP contribution is -1.91. The van der Waals surface area contributed by atoms with Crippen LogP contribution in [-0.4, -0.2) is 10.9 Å². The molecule has 0 saturated heterocycles. The minimum atomic E-state index is -0.181. The number of carbonyl (C=O) groups excluding carboxylic acids is 1. The van der Waals surface area contributed by atoms with E-state index in [9.17, 15) is 4.79 Å². The second-order valence-electron chi connectivity index (χ2n) is 1.76. The van der Waals surface area contributed by atoms with E-state index in [2.05, 4.69) is 0 Å². The van der Waals surface area contributed by atoms with Gasteiger partial charge in [-0.15, -0.1) is 0 Å². The molecule has 0 rings (SSSR count). The van der Waals surface area contributed by atoms with Gasteiger partial charge in [-0.1, -0.05) is 13.3 Å². The van der Waals surface area contributed by atoms with Gasteiger partial charge in [-0.25, -0.2) is 0 Å². The first kappa shape index (κ1) is 8.03. The first-order valence-corrected chi connectivity index (χ1v) is 2.99. The predicted octanol–water partition coefficient (Wildman–Crippen LogP) is 1.08. The van der Waals surface area contributed by atoms with E-state index in [-0.39, 0.29) is 5.78 Å². The van der Waals surface area contributed by atoms with Gasteiger partial charge in [-0.2, -0.15) is 0 Å². The van der Waals surface area contributed by atoms with Crippen LogP contribution in [0.5, 0.6) is 0 Å². The molecule has 0 aromatic carbocycles. The number of unbranched alkanes of at least 4 members (excludes halogenated alkanes) is 1. The highest BCUT2D eigenvalue weighted by Crippen LogP contribution is 1.93. The molecule has 0 aliphatic heterocycles. The summed E-state index contributed by atoms with van der Waals surface area (Å²) in [6, 6.07) is 0. The van der Waals surface area contributed by atoms with Gasteiger partial charge < -0.3 is 5.11 Å². The van der Waals surface area contributed by atoms with Crippen LogP contribution in [0.4, 0.5) is 0 Å². The summed E-state index contributed by atoms with van der Waals surface area (Å²) in [6.45, 7) is 2.00. The molecule has 0 amide bonds. The third kappa shape index (κ3) is 4.89. The molecule has 0 heterocycles. The van der Waals surface area contributed by atoms with Crippen LogP contribution >= 0.6 is 0 Å². The maximum atomic E-state index is 10.5. The molecule has 1 N–H and O–H groups in total. The van der Waals surface area contributed by atoms with E-state index in [1.165, 1.54) is 0 Å². The molecule has 9 heavy (non-hydrogen) atoms. The summed E-state index contributed by atoms with van der Waals surface area (Å²) in [5, 5.41) is 7.95. The number of aliphatic hydroxyl groups excluding tert-OH is 1. The summed E-state index contributed by atoms with van der Waals surface area (Å²) in [5.74, 6) is 1.87. The molecule has 0 unspecified atom stereocenters. The number of Topliss-reactive ketones (excluding diaryl/α,β-unsaturated/α-hetero) is 1. The van der Waals surface area contributed by atoms with E-state index in [1.54, 1.807) is 6.11 Å². The molecule has 50 valence electrons. The lowest BCUT2D eigenvalue weighted by molar-refractivity contribution is -0.113. The van der Waals surface area contributed by atoms with Gasteiger partial charge in [-0.3, -0.25) is 4.79 Å². The fourth-order valence-corrected chi connectivity index (χ4v) is 0.462. The Kier molecular flexibility index (Phi) is 4.61. The third-order valence-electron chi connectivity index (χ3n) is 0.953. The maximum Gasteiger partial charge on any atom is 0.208 e. The fraction of sp³-hybridized carbons (Fsp3) is 0.571. The maximum absolute atomic E-state index is 10.5. The Morgan fingerprint density at radius 2 is 2.33 bits per heavy atom. The predicted molar refractivity (Wildman–Crippen MR) is 34.2 cm³/mol. The summed E-state index contributed by atoms with van der Waals surface area (Å²) in [6.07, 6.45) is 3.88. The fourth-order valence-electron chi connectivity index (χ4n) is 0.462. The highest BCUT2D eigenvalue weighted by Gasteiger charge is 1.93. The van der Waals surface area contributed by atoms with Gasteiger partial charge in [0, 0.05) is 12.3 Å². The molecule has 0 aromatic heterocycles. The molecule has 0 spiro atoms. The molecule has 2 heteroatoms. The monoisotopic (exact) mass is 126 g/mol. The Morgan fingerprint density at radius 3 is 2.78 bits per heavy atom. The highest BCUT2D eigenvalue weighted by molar-refractivity contribution is 5.95. The van der Waals surface area contributed by atoms with Crippen LogP contribution in [0.1, 0.15) is 26.2 Å². The van der Waals surface area contributed by atoms with E-state index in [0.29, 0.717) is 6.42 Å². The first-order chi connectivity index (χ1) is 4.31. The number of ketones is 1. The quantitative estimate of drug-likeness (QED) is 0.574. The van der Waals surface area contributed by atoms with Crippen molar-refractivity contribution in [2.45, 2.75) is 26.2 Å². The third-order valence-corrected chi connectivity index (χ3v) is 0.953. The summed E-state index contributed by atoms with van der Waals surface area (Å²) in [7, 11) is 0. The van der Waals surface area contributed by atoms with Gasteiger partial charge in [-0.05, 0) is 6.42 Å². The van der Waals surface area contributed by atoms with Crippen molar-refractivity contribution in [1.29, 1.82) is 0 Å². The Morgan fingerprint density at radius 1 is 1.67 bits per heavy atom. The van der Waals surface area contributed by atoms with Crippen LogP contribution in [-0.2, 0) is 4.79 Å². The largest absolute Gasteiger partial charge is 0.462 e. The Bertz CT molecular complexity index is 139. The SMILES string of the molecule is CCCCC(=O)C#CO. The average Bonchev–Trinajstić information content (AvgIpc) is 1.85. The van der Waals surface area contributed by atoms with Crippen molar-refractivity contribution in [3.05, 3.63) is 0 Å². The molecule has 0 radical (unpaired) electrons. The second kappa shape index (κ2) is 5.17. The molecule has 0 aromatic rings. The zero-order valence-electron chi connectivity index (χ0n) is 5.48. The van der Waals surface area contributed by atoms with Gasteiger partial charge in [0.25, 0.3) is 0 Å². The Balaban J connectivity index is 3.35. The van der Waals surface area contributed by atoms with Crippen LogP contribution in [0.25, 0.3) is 0 Å². The van der Waals surface area contributed by atoms with Crippen molar-refractivity contribution in [3.63, 3.8) is 0 Å². The second-order valence-corrected chi connectivity index (χ2v) is 1.76. The first-order valence-electron chi connectivity index (χ1n) is 2.99. The topological polar surface area (TPSA) is 37.3 Å². The van der Waals surface area contributed by atoms with Crippen LogP contribution in [0.2, 0.25) is 0 Å². The molecule has 0 aliphatic carbocycles. The van der Waals surface area contributed by atoms with Crippen molar-refractivity contribution < 1.29 is 9.90 Å². The summed E-state index contributed by atoms with van der Waals surface area (Å²) in [4.78, 5) is 10.5. The van der Waals surface area contributed by atoms with Crippen molar-refractivity contribution in [2.75, 3.05) is 0 Å². The number of aliphatic hydroxyl groups is 1. The molecule has 0 saturated carbocycles. The summed E-state index contributed by atoms with van der Waals surface area (Å²) >= 11 is 0. The lowest BCUT2D eigenvalue weighted by Gasteiger charge is -1.86. The van der Waals surface area contributed by atoms with Crippen molar-refractivity contribution in [2.24, 2.45) is 0 Å². The van der Waals surface area contributed by atoms with Crippen LogP contribution in [0.3, 0.4) is 0 Å². The van der Waals surface area contributed by atoms with E-state index >= 15 is 0 Å². The Hall–Kier alpha value is -0.970. The molecule has 0 fully saturated rings. The van der Waals surface area contributed by atoms with E-state index in [0.717, 1.165) is 12.8 Å². The van der Waals surface area contributed by atoms with E-state index in [4.69, 9.17) is 5.11 Å². The number of rotatable bonds is 3. The zero-order valence-corrected chi connectivity index (χ0v) is 5.48. The number of carbonyl (C=O) groups is 1. The standard InChI is InChI=1S/C7H10O2/c1-2-3-4-7(9)5-6-8/h8H,2-4H2,1H3. The minimum absolute atomic E-state index is 0.181. The summed E-state index contributed by atoms with van der Waals surface area (Å²) in [5.41, 5.74) is 0. The van der Waals surface area contributed by atoms with Gasteiger partial charge in [0.15, 0.2) is 0 Å². The Labute approximate surface area is 54.9 Å². The molecular weight excluding hydrogens is 116 g/mol. The van der Waals surface area contributed by atoms with Crippen molar-refractivity contribution in [1.82, 2.24) is 0 Å². The van der Waals surface area contributed by atoms with Gasteiger partial charge >= 0.3 is 0 Å². The van der Waals surface area contributed by atoms with E-state index in [1.807, 2.05) is 12.8 Å². The van der Waals surface area contributed by atoms with Crippen molar-refractivity contribution >= 4 is 5.78 Å². The average molecular weight is 126 g/mol. The minimum Gasteiger partial charge on any atom is -0.462 e. The van der Waals surface area contributed by atoms with Gasteiger partial charge in [0.2, 0.25) is 5.78 Å². The van der Waals surface area contributed by atoms with Crippen LogP contribution in [0, 0.1) is 12.0 Å². The zero-order chi connectivity index (χ0) is 7.11. The number of hydrogen-bond donors (Lipinski definition) is 1. The van der Waals surface area contributed by atoms with E-state index < -0.39 is 0 Å². The van der Waals surface area contributed by atoms with Gasteiger partial charge in [0.05, 0.1) is 0 Å². The van der Waals surface area contributed by atoms with Gasteiger partial charge in [0.1, 0.15) is 6.11 Å². The molecule has 0 aliphatic rings. The molecule has 0 atom stereocenters. The van der Waals surface area contributed by atoms with Crippen LogP contribution in [0.15, 0.2) is 0 Å². The molecular formula is C7H10O2. The molecule has 2 nitrogen and oxygen atoms in total. The van der Waals surface area contributed by atoms with Crippen LogP contribution < -0.4 is 0 Å². The molecule has 0 bridgehead atoms. The normalized spacial score (nSPS) is 7.67. The lowest BCUT2D eigenvalue weighted by atomic mass is 10.2. The smallest absolute Gasteiger partial charge is 0.208 e.